The zero-order chi connectivity index (χ0) is 16.9. The Balaban J connectivity index is 2.53. The summed E-state index contributed by atoms with van der Waals surface area (Å²) in [6.07, 6.45) is 2.02. The van der Waals surface area contributed by atoms with Gasteiger partial charge in [0, 0.05) is 58.8 Å². The van der Waals surface area contributed by atoms with Crippen LogP contribution in [-0.4, -0.2) is 35.4 Å². The topological polar surface area (TPSA) is 34.8 Å². The minimum absolute atomic E-state index is 0.696. The summed E-state index contributed by atoms with van der Waals surface area (Å²) in [5.41, 5.74) is 3.02. The SMILES string of the molecule is COC(OC)(OC)c1cc(N(C)C)cc[n+]1Cc1ccccc1. The summed E-state index contributed by atoms with van der Waals surface area (Å²) in [5.74, 6) is -1.25. The Hall–Kier alpha value is -1.95. The number of aromatic nitrogens is 1. The van der Waals surface area contributed by atoms with Crippen LogP contribution in [0.3, 0.4) is 0 Å². The molecule has 2 aromatic rings. The monoisotopic (exact) mass is 317 g/mol. The second-order valence-corrected chi connectivity index (χ2v) is 5.45. The average molecular weight is 317 g/mol. The van der Waals surface area contributed by atoms with Crippen molar-refractivity contribution < 1.29 is 18.8 Å². The molecule has 0 saturated carbocycles. The smallest absolute Gasteiger partial charge is 0.373 e. The van der Waals surface area contributed by atoms with Gasteiger partial charge in [0.25, 0.3) is 5.69 Å². The zero-order valence-corrected chi connectivity index (χ0v) is 14.4. The Bertz CT molecular complexity index is 617. The van der Waals surface area contributed by atoms with Crippen molar-refractivity contribution in [3.05, 3.63) is 59.9 Å². The van der Waals surface area contributed by atoms with Gasteiger partial charge in [-0.15, -0.1) is 0 Å². The molecule has 124 valence electrons. The second kappa shape index (κ2) is 7.55. The first-order chi connectivity index (χ1) is 11.1. The number of anilines is 1. The fourth-order valence-corrected chi connectivity index (χ4v) is 2.54. The van der Waals surface area contributed by atoms with Crippen molar-refractivity contribution in [2.24, 2.45) is 0 Å². The standard InChI is InChI=1S/C18H25N2O3/c1-19(2)16-11-12-20(14-15-9-7-6-8-10-15)17(13-16)18(21-3,22-4)23-5/h6-13H,14H2,1-5H3/q+1. The summed E-state index contributed by atoms with van der Waals surface area (Å²) in [6, 6.07) is 14.3. The number of hydrogen-bond donors (Lipinski definition) is 0. The zero-order valence-electron chi connectivity index (χ0n) is 14.4. The van der Waals surface area contributed by atoms with Crippen LogP contribution in [0.2, 0.25) is 0 Å². The number of hydrogen-bond acceptors (Lipinski definition) is 4. The molecule has 0 aliphatic carbocycles. The van der Waals surface area contributed by atoms with E-state index in [9.17, 15) is 0 Å². The van der Waals surface area contributed by atoms with Crippen LogP contribution < -0.4 is 9.47 Å². The highest BCUT2D eigenvalue weighted by Gasteiger charge is 2.42. The Morgan fingerprint density at radius 3 is 2.09 bits per heavy atom. The van der Waals surface area contributed by atoms with Gasteiger partial charge in [0.15, 0.2) is 12.7 Å². The van der Waals surface area contributed by atoms with Crippen molar-refractivity contribution in [1.82, 2.24) is 0 Å². The van der Waals surface area contributed by atoms with E-state index in [1.807, 2.05) is 49.5 Å². The largest absolute Gasteiger partial charge is 0.377 e. The molecule has 1 aromatic carbocycles. The van der Waals surface area contributed by atoms with Gasteiger partial charge in [-0.1, -0.05) is 30.3 Å². The van der Waals surface area contributed by atoms with E-state index >= 15 is 0 Å². The highest BCUT2D eigenvalue weighted by molar-refractivity contribution is 5.44. The molecule has 0 atom stereocenters. The summed E-state index contributed by atoms with van der Waals surface area (Å²) in [7, 11) is 8.70. The first-order valence-corrected chi connectivity index (χ1v) is 7.47. The highest BCUT2D eigenvalue weighted by atomic mass is 16.9. The lowest BCUT2D eigenvalue weighted by atomic mass is 10.2. The molecule has 0 aliphatic rings. The van der Waals surface area contributed by atoms with Crippen molar-refractivity contribution in [2.45, 2.75) is 12.5 Å². The number of ether oxygens (including phenoxy) is 3. The fraction of sp³-hybridized carbons (Fsp3) is 0.389. The fourth-order valence-electron chi connectivity index (χ4n) is 2.54. The Kier molecular flexibility index (Phi) is 5.71. The lowest BCUT2D eigenvalue weighted by Gasteiger charge is -2.27. The van der Waals surface area contributed by atoms with Crippen molar-refractivity contribution >= 4 is 5.69 Å². The van der Waals surface area contributed by atoms with Gasteiger partial charge < -0.3 is 19.1 Å². The van der Waals surface area contributed by atoms with Crippen molar-refractivity contribution in [1.29, 1.82) is 0 Å². The quantitative estimate of drug-likeness (QED) is 0.579. The van der Waals surface area contributed by atoms with Gasteiger partial charge in [0.05, 0.1) is 0 Å². The van der Waals surface area contributed by atoms with Gasteiger partial charge in [-0.3, -0.25) is 0 Å². The maximum atomic E-state index is 5.55. The van der Waals surface area contributed by atoms with Crippen LogP contribution in [0.1, 0.15) is 11.3 Å². The third-order valence-electron chi connectivity index (χ3n) is 3.85. The Labute approximate surface area is 138 Å². The van der Waals surface area contributed by atoms with Crippen LogP contribution in [0, 0.1) is 0 Å². The van der Waals surface area contributed by atoms with E-state index in [0.717, 1.165) is 11.4 Å². The predicted molar refractivity (Wildman–Crippen MR) is 89.2 cm³/mol. The summed E-state index contributed by atoms with van der Waals surface area (Å²) in [6.45, 7) is 0.696. The van der Waals surface area contributed by atoms with Crippen LogP contribution >= 0.6 is 0 Å². The molecular formula is C18H25N2O3+. The van der Waals surface area contributed by atoms with E-state index in [-0.39, 0.29) is 0 Å². The predicted octanol–water partition coefficient (Wildman–Crippen LogP) is 2.14. The minimum Gasteiger partial charge on any atom is -0.377 e. The first kappa shape index (κ1) is 17.4. The van der Waals surface area contributed by atoms with Gasteiger partial charge in [-0.05, 0) is 0 Å². The number of methoxy groups -OCH3 is 3. The van der Waals surface area contributed by atoms with Gasteiger partial charge in [-0.25, -0.2) is 0 Å². The van der Waals surface area contributed by atoms with Crippen LogP contribution in [0.4, 0.5) is 5.69 Å². The molecule has 0 aliphatic heterocycles. The lowest BCUT2D eigenvalue weighted by molar-refractivity contribution is -0.714. The summed E-state index contributed by atoms with van der Waals surface area (Å²) in [5, 5.41) is 0. The van der Waals surface area contributed by atoms with E-state index < -0.39 is 5.97 Å². The molecule has 0 radical (unpaired) electrons. The number of rotatable bonds is 7. The molecular weight excluding hydrogens is 292 g/mol. The molecule has 0 N–H and O–H groups in total. The maximum absolute atomic E-state index is 5.55. The first-order valence-electron chi connectivity index (χ1n) is 7.47. The number of pyridine rings is 1. The molecule has 2 rings (SSSR count). The molecule has 0 unspecified atom stereocenters. The lowest BCUT2D eigenvalue weighted by Crippen LogP contribution is -2.49. The number of nitrogens with zero attached hydrogens (tertiary/aromatic N) is 2. The third-order valence-corrected chi connectivity index (χ3v) is 3.85. The molecule has 1 heterocycles. The van der Waals surface area contributed by atoms with E-state index in [0.29, 0.717) is 6.54 Å². The van der Waals surface area contributed by atoms with Gasteiger partial charge in [0.1, 0.15) is 0 Å². The van der Waals surface area contributed by atoms with E-state index in [2.05, 4.69) is 22.8 Å². The minimum atomic E-state index is -1.25. The molecule has 0 spiro atoms. The second-order valence-electron chi connectivity index (χ2n) is 5.45. The molecule has 0 saturated heterocycles. The van der Waals surface area contributed by atoms with Crippen LogP contribution in [-0.2, 0) is 26.7 Å². The number of benzene rings is 1. The molecule has 1 aromatic heterocycles. The van der Waals surface area contributed by atoms with Crippen molar-refractivity contribution in [2.75, 3.05) is 40.3 Å². The molecule has 0 bridgehead atoms. The van der Waals surface area contributed by atoms with Crippen LogP contribution in [0.5, 0.6) is 0 Å². The summed E-state index contributed by atoms with van der Waals surface area (Å²) in [4.78, 5) is 2.03. The summed E-state index contributed by atoms with van der Waals surface area (Å²) < 4.78 is 18.7. The Morgan fingerprint density at radius 2 is 1.57 bits per heavy atom. The van der Waals surface area contributed by atoms with Gasteiger partial charge in [-0.2, -0.15) is 4.57 Å². The summed E-state index contributed by atoms with van der Waals surface area (Å²) >= 11 is 0. The molecule has 5 nitrogen and oxygen atoms in total. The molecule has 5 heteroatoms. The average Bonchev–Trinajstić information content (AvgIpc) is 2.59. The van der Waals surface area contributed by atoms with Crippen molar-refractivity contribution in [3.8, 4) is 0 Å². The normalized spacial score (nSPS) is 11.5. The highest BCUT2D eigenvalue weighted by Crippen LogP contribution is 2.26. The molecule has 23 heavy (non-hydrogen) atoms. The molecule has 0 amide bonds. The van der Waals surface area contributed by atoms with Gasteiger partial charge >= 0.3 is 5.97 Å². The third kappa shape index (κ3) is 3.69. The van der Waals surface area contributed by atoms with Crippen LogP contribution in [0.15, 0.2) is 48.7 Å². The molecule has 0 fully saturated rings. The van der Waals surface area contributed by atoms with Gasteiger partial charge in [0.2, 0.25) is 0 Å². The van der Waals surface area contributed by atoms with Crippen LogP contribution in [0.25, 0.3) is 0 Å². The maximum Gasteiger partial charge on any atom is 0.373 e. The van der Waals surface area contributed by atoms with E-state index in [1.54, 1.807) is 21.3 Å². The Morgan fingerprint density at radius 1 is 0.957 bits per heavy atom. The van der Waals surface area contributed by atoms with E-state index in [4.69, 9.17) is 14.2 Å². The van der Waals surface area contributed by atoms with E-state index in [1.165, 1.54) is 5.56 Å². The van der Waals surface area contributed by atoms with Crippen molar-refractivity contribution in [3.63, 3.8) is 0 Å².